The van der Waals surface area contributed by atoms with Gasteiger partial charge in [-0.25, -0.2) is 13.6 Å². The summed E-state index contributed by atoms with van der Waals surface area (Å²) in [5.74, 6) is 0. The van der Waals surface area contributed by atoms with E-state index < -0.39 is 49.0 Å². The number of hydrogen-bond acceptors (Lipinski definition) is 2. The third-order valence-corrected chi connectivity index (χ3v) is 22.2. The average molecular weight is 595 g/mol. The van der Waals surface area contributed by atoms with Crippen LogP contribution in [0.25, 0.3) is 0 Å². The van der Waals surface area contributed by atoms with Gasteiger partial charge in [0.2, 0.25) is 10.0 Å². The number of hydrogen-bond donors (Lipinski definition) is 1. The largest absolute Gasteiger partial charge is 0.238 e. The maximum Gasteiger partial charge on any atom is 0.238 e. The van der Waals surface area contributed by atoms with Gasteiger partial charge in [0.15, 0.2) is 0 Å². The first-order valence-corrected chi connectivity index (χ1v) is 20.1. The Kier molecular flexibility index (Phi) is 7.02. The smallest absolute Gasteiger partial charge is 0.225 e. The molecule has 3 nitrogen and oxygen atoms in total. The van der Waals surface area contributed by atoms with Crippen LogP contribution in [0.3, 0.4) is 0 Å². The summed E-state index contributed by atoms with van der Waals surface area (Å²) in [7, 11) is -3.98. The van der Waals surface area contributed by atoms with Crippen LogP contribution in [-0.4, -0.2) is 26.8 Å². The van der Waals surface area contributed by atoms with E-state index in [0.717, 1.165) is 41.7 Å². The zero-order valence-corrected chi connectivity index (χ0v) is 23.6. The molecule has 3 aromatic rings. The molecule has 0 saturated carbocycles. The van der Waals surface area contributed by atoms with Crippen molar-refractivity contribution >= 4 is 35.6 Å². The molecule has 2 N–H and O–H groups in total. The standard InChI is InChI=1S/C7H9NO2S.2C7H7.2C4H9.Sn/c1-6-4-2-3-5-7(6)11(8,9)10;2*1-7-5-3-2-4-6-7;2*1-3-4-2;/h2-5H,1H3,(H2,8,9,10);2*2-5H,1H3;2*1,3-4H2,2H3;/i3*1D3;;;. The first-order chi connectivity index (χ1) is 19.8. The second-order valence-electron chi connectivity index (χ2n) is 8.42. The minimum atomic E-state index is -3.98. The number of aryl methyl sites for hydroxylation is 3. The van der Waals surface area contributed by atoms with Gasteiger partial charge in [-0.05, 0) is 18.5 Å². The topological polar surface area (TPSA) is 60.2 Å². The fourth-order valence-electron chi connectivity index (χ4n) is 4.28. The molecule has 0 spiro atoms. The Morgan fingerprint density at radius 2 is 1.12 bits per heavy atom. The molecule has 0 bridgehead atoms. The van der Waals surface area contributed by atoms with Crippen molar-refractivity contribution in [2.45, 2.75) is 73.9 Å². The Labute approximate surface area is 224 Å². The Balaban J connectivity index is 0.000000385. The number of sulfonamides is 1. The molecule has 3 rings (SSSR count). The molecule has 0 aromatic heterocycles. The zero-order chi connectivity index (χ0) is 32.7. The van der Waals surface area contributed by atoms with E-state index in [0.29, 0.717) is 11.1 Å². The molecule has 0 aliphatic carbocycles. The van der Waals surface area contributed by atoms with Gasteiger partial charge in [0.05, 0.1) is 4.90 Å². The zero-order valence-electron chi connectivity index (χ0n) is 29.0. The van der Waals surface area contributed by atoms with E-state index in [1.54, 1.807) is 24.3 Å². The van der Waals surface area contributed by atoms with E-state index in [1.807, 2.05) is 24.3 Å². The van der Waals surface area contributed by atoms with Crippen molar-refractivity contribution in [2.75, 3.05) is 0 Å². The molecule has 0 fully saturated rings. The maximum atomic E-state index is 11.0. The molecule has 3 aromatic carbocycles. The van der Waals surface area contributed by atoms with E-state index >= 15 is 0 Å². The van der Waals surface area contributed by atoms with Crippen molar-refractivity contribution in [1.29, 1.82) is 0 Å². The van der Waals surface area contributed by atoms with Gasteiger partial charge < -0.3 is 0 Å². The minimum Gasteiger partial charge on any atom is -0.225 e. The third kappa shape index (κ3) is 7.43. The molecule has 0 radical (unpaired) electrons. The van der Waals surface area contributed by atoms with Crippen molar-refractivity contribution in [3.8, 4) is 0 Å². The van der Waals surface area contributed by atoms with Crippen LogP contribution in [0.2, 0.25) is 8.87 Å². The van der Waals surface area contributed by atoms with Gasteiger partial charge in [0, 0.05) is 4.11 Å². The number of nitrogens with two attached hydrogens (primary N) is 1. The summed E-state index contributed by atoms with van der Waals surface area (Å²) < 4.78 is 96.0. The molecule has 0 aliphatic heterocycles. The Morgan fingerprint density at radius 3 is 1.50 bits per heavy atom. The SMILES string of the molecule is [2H]C([2H])([2H])c1cccc[c]1[Sn]([CH2]CCC)([CH2]CCC)[c]1ccccc1C([2H])([2H])[2H].[2H]C([2H])([2H])c1ccccc1S(N)(=O)=O. The van der Waals surface area contributed by atoms with Crippen molar-refractivity contribution in [3.63, 3.8) is 0 Å². The molecule has 5 heteroatoms. The van der Waals surface area contributed by atoms with Crippen molar-refractivity contribution in [2.24, 2.45) is 5.14 Å². The Bertz CT molecular complexity index is 1390. The summed E-state index contributed by atoms with van der Waals surface area (Å²) in [6, 6.07) is 20.1. The number of benzene rings is 3. The van der Waals surface area contributed by atoms with Crippen LogP contribution in [0.15, 0.2) is 77.7 Å². The van der Waals surface area contributed by atoms with Crippen molar-refractivity contribution < 1.29 is 20.8 Å². The van der Waals surface area contributed by atoms with Gasteiger partial charge >= 0.3 is 156 Å². The molecule has 0 aliphatic rings. The summed E-state index contributed by atoms with van der Waals surface area (Å²) >= 11 is -3.63. The summed E-state index contributed by atoms with van der Waals surface area (Å²) in [6.07, 6.45) is 4.00. The van der Waals surface area contributed by atoms with Crippen molar-refractivity contribution in [3.05, 3.63) is 89.5 Å². The monoisotopic (exact) mass is 596 g/mol. The van der Waals surface area contributed by atoms with E-state index in [2.05, 4.69) is 13.8 Å². The Hall–Kier alpha value is -1.63. The van der Waals surface area contributed by atoms with Crippen LogP contribution in [-0.2, 0) is 10.0 Å². The molecule has 0 saturated heterocycles. The second kappa shape index (κ2) is 13.5. The quantitative estimate of drug-likeness (QED) is 0.304. The molecule has 0 unspecified atom stereocenters. The predicted molar refractivity (Wildman–Crippen MR) is 149 cm³/mol. The van der Waals surface area contributed by atoms with Gasteiger partial charge in [0.1, 0.15) is 0 Å². The van der Waals surface area contributed by atoms with Gasteiger partial charge in [-0.15, -0.1) is 0 Å². The summed E-state index contributed by atoms with van der Waals surface area (Å²) in [4.78, 5) is -0.347. The van der Waals surface area contributed by atoms with E-state index in [1.165, 1.54) is 24.3 Å². The molecular formula is C29H41NO2SSn. The van der Waals surface area contributed by atoms with E-state index in [4.69, 9.17) is 17.5 Å². The first kappa shape index (κ1) is 17.7. The van der Waals surface area contributed by atoms with Crippen molar-refractivity contribution in [1.82, 2.24) is 0 Å². The van der Waals surface area contributed by atoms with Gasteiger partial charge in [0.25, 0.3) is 0 Å². The van der Waals surface area contributed by atoms with Gasteiger partial charge in [-0.2, -0.15) is 0 Å². The molecule has 0 amide bonds. The molecule has 184 valence electrons. The van der Waals surface area contributed by atoms with Crippen LogP contribution in [0.4, 0.5) is 0 Å². The second-order valence-corrected chi connectivity index (χ2v) is 22.1. The summed E-state index contributed by atoms with van der Waals surface area (Å²) in [6.45, 7) is -2.59. The van der Waals surface area contributed by atoms with Crippen LogP contribution >= 0.6 is 0 Å². The van der Waals surface area contributed by atoms with E-state index in [9.17, 15) is 8.42 Å². The number of rotatable bonds is 9. The normalized spacial score (nSPS) is 16.6. The van der Waals surface area contributed by atoms with Crippen LogP contribution in [0, 0.1) is 20.6 Å². The third-order valence-electron chi connectivity index (χ3n) is 5.99. The van der Waals surface area contributed by atoms with Crippen LogP contribution in [0.1, 0.15) is 68.6 Å². The average Bonchev–Trinajstić information content (AvgIpc) is 2.92. The number of unbranched alkanes of at least 4 members (excludes halogenated alkanes) is 2. The fourth-order valence-corrected chi connectivity index (χ4v) is 20.8. The van der Waals surface area contributed by atoms with Gasteiger partial charge in [-0.3, -0.25) is 0 Å². The Morgan fingerprint density at radius 1 is 0.706 bits per heavy atom. The van der Waals surface area contributed by atoms with Crippen LogP contribution in [0.5, 0.6) is 0 Å². The fraction of sp³-hybridized carbons (Fsp3) is 0.379. The molecular weight excluding hydrogens is 545 g/mol. The minimum absolute atomic E-state index is 0.248. The predicted octanol–water partition coefficient (Wildman–Crippen LogP) is 6.11. The number of primary sulfonamides is 1. The maximum absolute atomic E-state index is 11.0. The first-order valence-electron chi connectivity index (χ1n) is 16.1. The summed E-state index contributed by atoms with van der Waals surface area (Å²) in [5.41, 5.74) is 0.592. The van der Waals surface area contributed by atoms with E-state index in [-0.39, 0.29) is 10.5 Å². The summed E-state index contributed by atoms with van der Waals surface area (Å²) in [5, 5.41) is 4.88. The molecule has 0 atom stereocenters. The molecule has 34 heavy (non-hydrogen) atoms. The van der Waals surface area contributed by atoms with Crippen LogP contribution < -0.4 is 12.3 Å². The van der Waals surface area contributed by atoms with Gasteiger partial charge in [-0.1, -0.05) is 18.2 Å². The molecule has 0 heterocycles.